The Balaban J connectivity index is 1.98. The summed E-state index contributed by atoms with van der Waals surface area (Å²) in [4.78, 5) is 15.6. The van der Waals surface area contributed by atoms with Gasteiger partial charge in [0.25, 0.3) is 6.17 Å². The maximum Gasteiger partial charge on any atom is 0.325 e. The summed E-state index contributed by atoms with van der Waals surface area (Å²) in [6.07, 6.45) is 1.35. The van der Waals surface area contributed by atoms with E-state index in [0.717, 1.165) is 16.8 Å². The van der Waals surface area contributed by atoms with Gasteiger partial charge in [-0.2, -0.15) is 0 Å². The first-order valence-corrected chi connectivity index (χ1v) is 9.70. The smallest absolute Gasteiger partial charge is 0.325 e. The molecule has 0 fully saturated rings. The fraction of sp³-hybridized carbons (Fsp3) is 0.211. The van der Waals surface area contributed by atoms with E-state index in [-0.39, 0.29) is 22.8 Å². The molecule has 9 heteroatoms. The highest BCUT2D eigenvalue weighted by Crippen LogP contribution is 2.40. The monoisotopic (exact) mass is 399 g/mol. The Kier molecular flexibility index (Phi) is 4.60. The number of nitrogens with one attached hydrogen (secondary N) is 2. The number of para-hydroxylation sites is 1. The van der Waals surface area contributed by atoms with Crippen LogP contribution in [0.1, 0.15) is 11.7 Å². The number of hydrogen-bond donors (Lipinski definition) is 3. The van der Waals surface area contributed by atoms with E-state index >= 15 is 0 Å². The maximum absolute atomic E-state index is 12.8. The van der Waals surface area contributed by atoms with E-state index < -0.39 is 6.17 Å². The number of methoxy groups -OCH3 is 2. The van der Waals surface area contributed by atoms with Gasteiger partial charge in [-0.25, -0.2) is 0 Å². The molecule has 2 aromatic carbocycles. The van der Waals surface area contributed by atoms with Gasteiger partial charge in [0, 0.05) is 5.10 Å². The van der Waals surface area contributed by atoms with Gasteiger partial charge in [-0.1, -0.05) is 23.9 Å². The molecule has 0 spiro atoms. The van der Waals surface area contributed by atoms with Gasteiger partial charge < -0.3 is 19.9 Å². The molecule has 0 saturated carbocycles. The Hall–Kier alpha value is -3.20. The Morgan fingerprint density at radius 2 is 1.86 bits per heavy atom. The summed E-state index contributed by atoms with van der Waals surface area (Å²) in [5.74, 6) is 0.457. The molecule has 0 saturated heterocycles. The highest BCUT2D eigenvalue weighted by atomic mass is 32.2. The van der Waals surface area contributed by atoms with E-state index in [0.29, 0.717) is 10.9 Å². The molecule has 28 heavy (non-hydrogen) atoms. The first kappa shape index (κ1) is 18.2. The summed E-state index contributed by atoms with van der Waals surface area (Å²) in [6, 6.07) is 10.9. The van der Waals surface area contributed by atoms with E-state index in [2.05, 4.69) is 15.4 Å². The third-order valence-electron chi connectivity index (χ3n) is 4.59. The molecule has 4 rings (SSSR count). The summed E-state index contributed by atoms with van der Waals surface area (Å²) in [5, 5.41) is 18.8. The van der Waals surface area contributed by atoms with Crippen LogP contribution < -0.4 is 25.0 Å². The molecule has 8 nitrogen and oxygen atoms in total. The van der Waals surface area contributed by atoms with Crippen LogP contribution in [0.2, 0.25) is 0 Å². The maximum atomic E-state index is 12.8. The van der Waals surface area contributed by atoms with E-state index in [4.69, 9.17) is 9.47 Å². The highest BCUT2D eigenvalue weighted by molar-refractivity contribution is 7.98. The number of thioether (sulfide) groups is 1. The summed E-state index contributed by atoms with van der Waals surface area (Å²) in [5.41, 5.74) is 2.51. The number of hydrogen-bond acceptors (Lipinski definition) is 7. The van der Waals surface area contributed by atoms with Crippen LogP contribution in [0, 0.1) is 0 Å². The van der Waals surface area contributed by atoms with Gasteiger partial charge in [-0.05, 0) is 35.2 Å². The topological polar surface area (TPSA) is 100 Å². The minimum atomic E-state index is -0.499. The molecule has 1 aromatic heterocycles. The second-order valence-electron chi connectivity index (χ2n) is 6.12. The molecule has 1 aliphatic rings. The number of phenols is 1. The van der Waals surface area contributed by atoms with Gasteiger partial charge in [0.05, 0.1) is 31.0 Å². The average Bonchev–Trinajstić information content (AvgIpc) is 2.72. The number of benzene rings is 2. The van der Waals surface area contributed by atoms with Crippen molar-refractivity contribution >= 4 is 17.4 Å². The van der Waals surface area contributed by atoms with Crippen molar-refractivity contribution in [2.75, 3.05) is 25.8 Å². The molecule has 0 radical (unpaired) electrons. The molecule has 144 valence electrons. The highest BCUT2D eigenvalue weighted by Gasteiger charge is 2.38. The second kappa shape index (κ2) is 7.08. The van der Waals surface area contributed by atoms with Crippen molar-refractivity contribution in [3.8, 4) is 28.5 Å². The van der Waals surface area contributed by atoms with Crippen LogP contribution in [0.25, 0.3) is 11.3 Å². The number of nitrogens with zero attached hydrogens (tertiary/aromatic N) is 2. The van der Waals surface area contributed by atoms with E-state index in [9.17, 15) is 9.90 Å². The number of aromatic hydroxyl groups is 1. The van der Waals surface area contributed by atoms with Gasteiger partial charge in [0.2, 0.25) is 10.9 Å². The van der Waals surface area contributed by atoms with Crippen molar-refractivity contribution in [3.63, 3.8) is 0 Å². The molecule has 1 atom stereocenters. The predicted molar refractivity (Wildman–Crippen MR) is 105 cm³/mol. The molecule has 0 unspecified atom stereocenters. The van der Waals surface area contributed by atoms with Crippen molar-refractivity contribution in [1.29, 1.82) is 0 Å². The van der Waals surface area contributed by atoms with Crippen LogP contribution in [0.3, 0.4) is 0 Å². The number of aromatic amines is 1. The number of fused-ring (bicyclic) bond motifs is 3. The quantitative estimate of drug-likeness (QED) is 0.456. The lowest BCUT2D eigenvalue weighted by Crippen LogP contribution is -2.55. The Morgan fingerprint density at radius 1 is 1.18 bits per heavy atom. The zero-order valence-corrected chi connectivity index (χ0v) is 16.3. The van der Waals surface area contributed by atoms with E-state index in [1.165, 1.54) is 26.0 Å². The van der Waals surface area contributed by atoms with Crippen LogP contribution in [-0.2, 0) is 0 Å². The predicted octanol–water partition coefficient (Wildman–Crippen LogP) is 2.14. The van der Waals surface area contributed by atoms with Crippen molar-refractivity contribution < 1.29 is 19.3 Å². The van der Waals surface area contributed by atoms with Crippen LogP contribution >= 0.6 is 11.8 Å². The summed E-state index contributed by atoms with van der Waals surface area (Å²) >= 11 is 1.35. The van der Waals surface area contributed by atoms with Crippen molar-refractivity contribution in [2.24, 2.45) is 0 Å². The minimum Gasteiger partial charge on any atom is -0.502 e. The van der Waals surface area contributed by atoms with Gasteiger partial charge in [0.15, 0.2) is 11.5 Å². The van der Waals surface area contributed by atoms with Gasteiger partial charge in [-0.15, -0.1) is 0 Å². The zero-order valence-electron chi connectivity index (χ0n) is 15.5. The molecule has 0 bridgehead atoms. The third kappa shape index (κ3) is 2.84. The Morgan fingerprint density at radius 3 is 2.50 bits per heavy atom. The first-order valence-electron chi connectivity index (χ1n) is 8.48. The lowest BCUT2D eigenvalue weighted by Gasteiger charge is -2.23. The SMILES string of the molecule is COc1cc([C@H]2Nc3ccccc3-c3c(=O)[nH]c(SC)n[n+]32)cc(OC)c1O. The number of rotatable bonds is 4. The minimum absolute atomic E-state index is 0.0844. The number of H-pyrrole nitrogens is 1. The largest absolute Gasteiger partial charge is 0.502 e. The first-order chi connectivity index (χ1) is 13.6. The van der Waals surface area contributed by atoms with Crippen LogP contribution in [0.15, 0.2) is 46.3 Å². The summed E-state index contributed by atoms with van der Waals surface area (Å²) in [7, 11) is 2.94. The number of ether oxygens (including phenoxy) is 2. The van der Waals surface area contributed by atoms with Gasteiger partial charge in [0.1, 0.15) is 0 Å². The molecule has 0 amide bonds. The molecular weight excluding hydrogens is 380 g/mol. The van der Waals surface area contributed by atoms with E-state index in [1.807, 2.05) is 30.5 Å². The number of aromatic nitrogens is 3. The molecule has 0 aliphatic carbocycles. The lowest BCUT2D eigenvalue weighted by atomic mass is 10.0. The van der Waals surface area contributed by atoms with Crippen molar-refractivity contribution in [2.45, 2.75) is 11.3 Å². The van der Waals surface area contributed by atoms with Crippen LogP contribution in [0.5, 0.6) is 17.2 Å². The average molecular weight is 399 g/mol. The third-order valence-corrected chi connectivity index (χ3v) is 5.16. The number of phenolic OH excluding ortho intramolecular Hbond substituents is 1. The Labute approximate surface area is 165 Å². The normalized spacial score (nSPS) is 14.6. The van der Waals surface area contributed by atoms with Crippen molar-refractivity contribution in [1.82, 2.24) is 10.1 Å². The number of anilines is 1. The van der Waals surface area contributed by atoms with Crippen LogP contribution in [-0.4, -0.2) is 35.7 Å². The second-order valence-corrected chi connectivity index (χ2v) is 6.92. The molecule has 1 aliphatic heterocycles. The summed E-state index contributed by atoms with van der Waals surface area (Å²) < 4.78 is 12.2. The molecule has 2 heterocycles. The summed E-state index contributed by atoms with van der Waals surface area (Å²) in [6.45, 7) is 0. The zero-order chi connectivity index (χ0) is 19.8. The van der Waals surface area contributed by atoms with Gasteiger partial charge >= 0.3 is 11.3 Å². The lowest BCUT2D eigenvalue weighted by molar-refractivity contribution is -0.759. The molecular formula is C19H19N4O4S+. The standard InChI is InChI=1S/C19H18N4O4S/c1-26-13-8-10(9-14(27-2)16(13)24)17-20-12-7-5-4-6-11(12)15-18(25)21-19(28-3)22-23(15)17/h4-9,17H,1-3H3,(H2,21,22,24,25)/p+1/t17-/m0/s1. The fourth-order valence-corrected chi connectivity index (χ4v) is 3.64. The fourth-order valence-electron chi connectivity index (χ4n) is 3.28. The van der Waals surface area contributed by atoms with Crippen LogP contribution in [0.4, 0.5) is 5.69 Å². The van der Waals surface area contributed by atoms with Gasteiger partial charge in [-0.3, -0.25) is 9.78 Å². The van der Waals surface area contributed by atoms with E-state index in [1.54, 1.807) is 16.8 Å². The Bertz CT molecular complexity index is 1090. The molecule has 3 N–H and O–H groups in total. The molecule has 3 aromatic rings. The van der Waals surface area contributed by atoms with Crippen molar-refractivity contribution in [3.05, 3.63) is 52.3 Å².